The molecule has 1 aliphatic rings. The molecule has 0 spiro atoms. The number of hydrogen-bond acceptors (Lipinski definition) is 2. The minimum atomic E-state index is -0.419. The molecule has 1 aliphatic heterocycles. The number of nitrogens with zero attached hydrogens (tertiary/aromatic N) is 1. The predicted molar refractivity (Wildman–Crippen MR) is 63.3 cm³/mol. The van der Waals surface area contributed by atoms with Gasteiger partial charge < -0.3 is 9.64 Å². The van der Waals surface area contributed by atoms with E-state index in [2.05, 4.69) is 0 Å². The summed E-state index contributed by atoms with van der Waals surface area (Å²) in [7, 11) is 0. The van der Waals surface area contributed by atoms with Crippen molar-refractivity contribution in [2.24, 2.45) is 0 Å². The fourth-order valence-electron chi connectivity index (χ4n) is 1.72. The van der Waals surface area contributed by atoms with E-state index in [1.807, 2.05) is 12.1 Å². The summed E-state index contributed by atoms with van der Waals surface area (Å²) >= 11 is 11.2. The molecule has 86 valence electrons. The molecule has 0 aliphatic carbocycles. The number of rotatable bonds is 2. The first-order chi connectivity index (χ1) is 7.65. The van der Waals surface area contributed by atoms with Gasteiger partial charge in [-0.3, -0.25) is 4.79 Å². The topological polar surface area (TPSA) is 29.5 Å². The normalized spacial score (nSPS) is 19.9. The van der Waals surface area contributed by atoms with Crippen molar-refractivity contribution >= 4 is 28.6 Å². The summed E-state index contributed by atoms with van der Waals surface area (Å²) in [5.74, 6) is 0.723. The lowest BCUT2D eigenvalue weighted by molar-refractivity contribution is 0.199. The lowest BCUT2D eigenvalue weighted by Crippen LogP contribution is -2.26. The molecule has 0 bridgehead atoms. The fraction of sp³-hybridized carbons (Fsp3) is 0.364. The molecule has 16 heavy (non-hydrogen) atoms. The van der Waals surface area contributed by atoms with Crippen LogP contribution in [0.1, 0.15) is 6.42 Å². The smallest absolute Gasteiger partial charge is 0.316 e. The lowest BCUT2D eigenvalue weighted by atomic mass is 10.3. The van der Waals surface area contributed by atoms with Crippen molar-refractivity contribution in [2.45, 2.75) is 12.5 Å². The van der Waals surface area contributed by atoms with E-state index in [0.29, 0.717) is 18.1 Å². The minimum Gasteiger partial charge on any atom is -0.488 e. The van der Waals surface area contributed by atoms with Crippen LogP contribution in [0.2, 0.25) is 5.02 Å². The molecule has 3 nitrogen and oxygen atoms in total. The van der Waals surface area contributed by atoms with Gasteiger partial charge >= 0.3 is 5.37 Å². The monoisotopic (exact) mass is 259 g/mol. The standard InChI is InChI=1S/C11H11Cl2NO2/c12-8-2-1-3-9(6-8)16-10-4-5-14(7-10)11(13)15/h1-3,6,10H,4-5,7H2. The van der Waals surface area contributed by atoms with Crippen LogP contribution < -0.4 is 4.74 Å². The van der Waals surface area contributed by atoms with Crippen LogP contribution in [0.15, 0.2) is 24.3 Å². The Balaban J connectivity index is 1.94. The summed E-state index contributed by atoms with van der Waals surface area (Å²) in [5, 5.41) is 0.220. The van der Waals surface area contributed by atoms with E-state index in [-0.39, 0.29) is 6.10 Å². The second-order valence-electron chi connectivity index (χ2n) is 3.68. The van der Waals surface area contributed by atoms with Gasteiger partial charge in [0.05, 0.1) is 6.54 Å². The van der Waals surface area contributed by atoms with Crippen molar-refractivity contribution in [3.05, 3.63) is 29.3 Å². The quantitative estimate of drug-likeness (QED) is 0.603. The van der Waals surface area contributed by atoms with Gasteiger partial charge in [0.2, 0.25) is 0 Å². The van der Waals surface area contributed by atoms with Gasteiger partial charge in [0, 0.05) is 18.0 Å². The largest absolute Gasteiger partial charge is 0.488 e. The van der Waals surface area contributed by atoms with Crippen LogP contribution >= 0.6 is 23.2 Å². The molecular weight excluding hydrogens is 249 g/mol. The third-order valence-electron chi connectivity index (χ3n) is 2.49. The van der Waals surface area contributed by atoms with E-state index in [1.54, 1.807) is 17.0 Å². The molecule has 0 aromatic heterocycles. The van der Waals surface area contributed by atoms with Gasteiger partial charge in [-0.25, -0.2) is 0 Å². The number of likely N-dealkylation sites (tertiary alicyclic amines) is 1. The van der Waals surface area contributed by atoms with Crippen LogP contribution in [-0.2, 0) is 0 Å². The van der Waals surface area contributed by atoms with Crippen LogP contribution in [0.5, 0.6) is 5.75 Å². The average molecular weight is 260 g/mol. The van der Waals surface area contributed by atoms with E-state index in [4.69, 9.17) is 27.9 Å². The SMILES string of the molecule is O=C(Cl)N1CCC(Oc2cccc(Cl)c2)C1. The molecule has 1 fully saturated rings. The maximum atomic E-state index is 10.9. The highest BCUT2D eigenvalue weighted by Crippen LogP contribution is 2.22. The van der Waals surface area contributed by atoms with E-state index >= 15 is 0 Å². The van der Waals surface area contributed by atoms with Gasteiger partial charge in [-0.05, 0) is 29.8 Å². The maximum Gasteiger partial charge on any atom is 0.316 e. The molecule has 5 heteroatoms. The van der Waals surface area contributed by atoms with Crippen molar-refractivity contribution in [3.63, 3.8) is 0 Å². The number of ether oxygens (including phenoxy) is 1. The summed E-state index contributed by atoms with van der Waals surface area (Å²) in [4.78, 5) is 12.5. The van der Waals surface area contributed by atoms with Crippen molar-refractivity contribution < 1.29 is 9.53 Å². The second-order valence-corrected chi connectivity index (χ2v) is 4.44. The van der Waals surface area contributed by atoms with Gasteiger partial charge in [0.1, 0.15) is 11.9 Å². The Morgan fingerprint density at radius 3 is 2.94 bits per heavy atom. The van der Waals surface area contributed by atoms with Crippen LogP contribution in [0.4, 0.5) is 4.79 Å². The first-order valence-electron chi connectivity index (χ1n) is 5.02. The highest BCUT2D eigenvalue weighted by atomic mass is 35.5. The van der Waals surface area contributed by atoms with Crippen LogP contribution in [-0.4, -0.2) is 29.5 Å². The summed E-state index contributed by atoms with van der Waals surface area (Å²) in [6.45, 7) is 1.18. The molecule has 2 rings (SSSR count). The molecule has 1 saturated heterocycles. The zero-order valence-corrected chi connectivity index (χ0v) is 10.0. The zero-order valence-electron chi connectivity index (χ0n) is 8.53. The summed E-state index contributed by atoms with van der Waals surface area (Å²) < 4.78 is 5.70. The van der Waals surface area contributed by atoms with Gasteiger partial charge in [-0.2, -0.15) is 0 Å². The maximum absolute atomic E-state index is 10.9. The zero-order chi connectivity index (χ0) is 11.5. The van der Waals surface area contributed by atoms with Crippen LogP contribution in [0.3, 0.4) is 0 Å². The number of benzene rings is 1. The number of hydrogen-bond donors (Lipinski definition) is 0. The summed E-state index contributed by atoms with van der Waals surface area (Å²) in [6, 6.07) is 7.22. The number of amides is 1. The van der Waals surface area contributed by atoms with Crippen LogP contribution in [0, 0.1) is 0 Å². The molecule has 1 aromatic rings. The molecular formula is C11H11Cl2NO2. The Labute approximate surface area is 104 Å². The highest BCUT2D eigenvalue weighted by Gasteiger charge is 2.26. The lowest BCUT2D eigenvalue weighted by Gasteiger charge is -2.14. The van der Waals surface area contributed by atoms with Crippen LogP contribution in [0.25, 0.3) is 0 Å². The second kappa shape index (κ2) is 4.93. The fourth-order valence-corrected chi connectivity index (χ4v) is 2.05. The highest BCUT2D eigenvalue weighted by molar-refractivity contribution is 6.62. The molecule has 1 amide bonds. The third-order valence-corrected chi connectivity index (χ3v) is 2.97. The molecule has 0 radical (unpaired) electrons. The van der Waals surface area contributed by atoms with E-state index in [0.717, 1.165) is 12.2 Å². The molecule has 0 N–H and O–H groups in total. The Hall–Kier alpha value is -0.930. The van der Waals surface area contributed by atoms with E-state index < -0.39 is 5.37 Å². The minimum absolute atomic E-state index is 0.00108. The molecule has 1 atom stereocenters. The summed E-state index contributed by atoms with van der Waals surface area (Å²) in [5.41, 5.74) is 0. The molecule has 1 heterocycles. The Morgan fingerprint density at radius 2 is 2.31 bits per heavy atom. The molecule has 1 unspecified atom stereocenters. The number of carbonyl (C=O) groups excluding carboxylic acids is 1. The molecule has 0 saturated carbocycles. The average Bonchev–Trinajstić information content (AvgIpc) is 2.66. The first-order valence-corrected chi connectivity index (χ1v) is 5.77. The number of halogens is 2. The number of carbonyl (C=O) groups is 1. The Kier molecular flexibility index (Phi) is 3.56. The van der Waals surface area contributed by atoms with Gasteiger partial charge in [0.25, 0.3) is 0 Å². The van der Waals surface area contributed by atoms with Crippen molar-refractivity contribution in [3.8, 4) is 5.75 Å². The van der Waals surface area contributed by atoms with E-state index in [1.165, 1.54) is 0 Å². The first kappa shape index (κ1) is 11.6. The predicted octanol–water partition coefficient (Wildman–Crippen LogP) is 3.15. The van der Waals surface area contributed by atoms with Crippen molar-refractivity contribution in [1.82, 2.24) is 4.90 Å². The third kappa shape index (κ3) is 2.80. The van der Waals surface area contributed by atoms with Gasteiger partial charge in [-0.1, -0.05) is 17.7 Å². The molecule has 1 aromatic carbocycles. The Morgan fingerprint density at radius 1 is 1.50 bits per heavy atom. The Bertz CT molecular complexity index is 397. The van der Waals surface area contributed by atoms with Gasteiger partial charge in [0.15, 0.2) is 0 Å². The summed E-state index contributed by atoms with van der Waals surface area (Å²) in [6.07, 6.45) is 0.798. The van der Waals surface area contributed by atoms with Gasteiger partial charge in [-0.15, -0.1) is 0 Å². The van der Waals surface area contributed by atoms with Crippen molar-refractivity contribution in [2.75, 3.05) is 13.1 Å². The van der Waals surface area contributed by atoms with E-state index in [9.17, 15) is 4.79 Å². The van der Waals surface area contributed by atoms with Crippen molar-refractivity contribution in [1.29, 1.82) is 0 Å².